The fourth-order valence-electron chi connectivity index (χ4n) is 3.26. The Morgan fingerprint density at radius 2 is 1.77 bits per heavy atom. The van der Waals surface area contributed by atoms with Crippen molar-refractivity contribution < 1.29 is 14.4 Å². The molecule has 4 rings (SSSR count). The number of hydrogen-bond acceptors (Lipinski definition) is 5. The van der Waals surface area contributed by atoms with E-state index in [1.165, 1.54) is 13.2 Å². The maximum Gasteiger partial charge on any atom is 0.315 e. The molecular formula is C23H21N3O4. The van der Waals surface area contributed by atoms with Gasteiger partial charge in [-0.15, -0.1) is 0 Å². The van der Waals surface area contributed by atoms with Gasteiger partial charge in [-0.05, 0) is 43.2 Å². The minimum absolute atomic E-state index is 0.0961. The van der Waals surface area contributed by atoms with Crippen LogP contribution in [0.5, 0.6) is 11.5 Å². The Kier molecular flexibility index (Phi) is 5.10. The first-order chi connectivity index (χ1) is 14.4. The lowest BCUT2D eigenvalue weighted by Crippen LogP contribution is -2.02. The number of nitrogens with one attached hydrogen (secondary N) is 1. The number of rotatable bonds is 6. The molecule has 30 heavy (non-hydrogen) atoms. The smallest absolute Gasteiger partial charge is 0.315 e. The van der Waals surface area contributed by atoms with E-state index in [9.17, 15) is 10.1 Å². The maximum atomic E-state index is 11.8. The van der Waals surface area contributed by atoms with E-state index in [4.69, 9.17) is 9.47 Å². The largest absolute Gasteiger partial charge is 0.493 e. The fraction of sp³-hybridized carbons (Fsp3) is 0.174. The molecule has 1 N–H and O–H groups in total. The molecule has 0 amide bonds. The lowest BCUT2D eigenvalue weighted by Gasteiger charge is -2.12. The Hall–Kier alpha value is -3.87. The standard InChI is InChI=1S/C23H21N3O4/c1-14-4-7-16(8-5-14)13-30-22-20(26(27)28)11-17(12-21(22)29-3)23-24-18-9-6-15(2)10-19(18)25-23/h4-12H,13H2,1-3H3,(H,24,25). The molecule has 0 saturated carbocycles. The normalized spacial score (nSPS) is 10.9. The van der Waals surface area contributed by atoms with E-state index >= 15 is 0 Å². The number of fused-ring (bicyclic) bond motifs is 1. The summed E-state index contributed by atoms with van der Waals surface area (Å²) in [5.74, 6) is 0.906. The molecular weight excluding hydrogens is 382 g/mol. The van der Waals surface area contributed by atoms with Crippen molar-refractivity contribution in [2.24, 2.45) is 0 Å². The van der Waals surface area contributed by atoms with Crippen LogP contribution in [-0.4, -0.2) is 22.0 Å². The average Bonchev–Trinajstić information content (AvgIpc) is 3.16. The first kappa shape index (κ1) is 19.4. The Bertz CT molecular complexity index is 1230. The minimum atomic E-state index is -0.469. The molecule has 3 aromatic carbocycles. The van der Waals surface area contributed by atoms with Crippen molar-refractivity contribution >= 4 is 16.7 Å². The highest BCUT2D eigenvalue weighted by Gasteiger charge is 2.24. The van der Waals surface area contributed by atoms with Crippen molar-refractivity contribution in [1.29, 1.82) is 0 Å². The summed E-state index contributed by atoms with van der Waals surface area (Å²) in [5.41, 5.74) is 5.17. The van der Waals surface area contributed by atoms with E-state index < -0.39 is 4.92 Å². The first-order valence-corrected chi connectivity index (χ1v) is 9.46. The van der Waals surface area contributed by atoms with Crippen LogP contribution in [0.15, 0.2) is 54.6 Å². The Morgan fingerprint density at radius 3 is 2.47 bits per heavy atom. The molecule has 0 unspecified atom stereocenters. The Balaban J connectivity index is 1.73. The van der Waals surface area contributed by atoms with Crippen molar-refractivity contribution in [3.05, 3.63) is 81.4 Å². The Morgan fingerprint density at radius 1 is 1.03 bits per heavy atom. The summed E-state index contributed by atoms with van der Waals surface area (Å²) in [6.45, 7) is 4.19. The molecule has 0 spiro atoms. The molecule has 0 aliphatic heterocycles. The minimum Gasteiger partial charge on any atom is -0.493 e. The van der Waals surface area contributed by atoms with E-state index in [0.29, 0.717) is 11.4 Å². The number of benzene rings is 3. The van der Waals surface area contributed by atoms with Gasteiger partial charge in [-0.25, -0.2) is 4.98 Å². The van der Waals surface area contributed by atoms with Gasteiger partial charge in [0, 0.05) is 11.6 Å². The van der Waals surface area contributed by atoms with Crippen molar-refractivity contribution in [3.63, 3.8) is 0 Å². The SMILES string of the molecule is COc1cc(-c2nc3ccc(C)cc3[nH]2)cc([N+](=O)[O-])c1OCc1ccc(C)cc1. The number of aromatic amines is 1. The molecule has 1 aromatic heterocycles. The summed E-state index contributed by atoms with van der Waals surface area (Å²) < 4.78 is 11.2. The Labute approximate surface area is 173 Å². The number of hydrogen-bond donors (Lipinski definition) is 1. The lowest BCUT2D eigenvalue weighted by molar-refractivity contribution is -0.386. The summed E-state index contributed by atoms with van der Waals surface area (Å²) in [4.78, 5) is 19.1. The van der Waals surface area contributed by atoms with Gasteiger partial charge in [0.1, 0.15) is 12.4 Å². The summed E-state index contributed by atoms with van der Waals surface area (Å²) in [6.07, 6.45) is 0. The number of H-pyrrole nitrogens is 1. The van der Waals surface area contributed by atoms with Gasteiger partial charge >= 0.3 is 5.69 Å². The zero-order chi connectivity index (χ0) is 21.3. The molecule has 0 radical (unpaired) electrons. The fourth-order valence-corrected chi connectivity index (χ4v) is 3.26. The van der Waals surface area contributed by atoms with Crippen LogP contribution in [0.25, 0.3) is 22.4 Å². The second-order valence-electron chi connectivity index (χ2n) is 7.16. The number of nitro benzene ring substituents is 1. The van der Waals surface area contributed by atoms with Crippen LogP contribution in [0, 0.1) is 24.0 Å². The average molecular weight is 403 g/mol. The van der Waals surface area contributed by atoms with Gasteiger partial charge in [0.25, 0.3) is 0 Å². The first-order valence-electron chi connectivity index (χ1n) is 9.46. The van der Waals surface area contributed by atoms with Crippen molar-refractivity contribution in [2.45, 2.75) is 20.5 Å². The molecule has 4 aromatic rings. The molecule has 0 atom stereocenters. The van der Waals surface area contributed by atoms with Gasteiger partial charge in [-0.2, -0.15) is 0 Å². The summed E-state index contributed by atoms with van der Waals surface area (Å²) in [7, 11) is 1.46. The number of nitro groups is 1. The molecule has 7 nitrogen and oxygen atoms in total. The topological polar surface area (TPSA) is 90.3 Å². The van der Waals surface area contributed by atoms with E-state index in [1.807, 2.05) is 56.3 Å². The van der Waals surface area contributed by atoms with Gasteiger partial charge in [0.2, 0.25) is 5.75 Å². The van der Waals surface area contributed by atoms with Gasteiger partial charge in [0.15, 0.2) is 5.75 Å². The molecule has 1 heterocycles. The van der Waals surface area contributed by atoms with Gasteiger partial charge < -0.3 is 14.5 Å². The van der Waals surface area contributed by atoms with E-state index in [-0.39, 0.29) is 23.8 Å². The second kappa shape index (κ2) is 7.87. The monoisotopic (exact) mass is 403 g/mol. The zero-order valence-electron chi connectivity index (χ0n) is 16.9. The number of aromatic nitrogens is 2. The molecule has 0 fully saturated rings. The van der Waals surface area contributed by atoms with Crippen LogP contribution in [0.1, 0.15) is 16.7 Å². The summed E-state index contributed by atoms with van der Waals surface area (Å²) in [5, 5.41) is 11.8. The molecule has 0 aliphatic carbocycles. The summed E-state index contributed by atoms with van der Waals surface area (Å²) >= 11 is 0. The third kappa shape index (κ3) is 3.82. The van der Waals surface area contributed by atoms with Crippen molar-refractivity contribution in [1.82, 2.24) is 9.97 Å². The van der Waals surface area contributed by atoms with Crippen LogP contribution in [0.2, 0.25) is 0 Å². The summed E-state index contributed by atoms with van der Waals surface area (Å²) in [6, 6.07) is 16.8. The van der Waals surface area contributed by atoms with Crippen LogP contribution in [-0.2, 0) is 6.61 Å². The van der Waals surface area contributed by atoms with Crippen molar-refractivity contribution in [2.75, 3.05) is 7.11 Å². The predicted octanol–water partition coefficient (Wildman–Crippen LogP) is 5.34. The highest BCUT2D eigenvalue weighted by atomic mass is 16.6. The molecule has 0 saturated heterocycles. The predicted molar refractivity (Wildman–Crippen MR) is 115 cm³/mol. The van der Waals surface area contributed by atoms with Crippen LogP contribution in [0.4, 0.5) is 5.69 Å². The third-order valence-electron chi connectivity index (χ3n) is 4.87. The van der Waals surface area contributed by atoms with E-state index in [0.717, 1.165) is 27.7 Å². The molecule has 0 aliphatic rings. The van der Waals surface area contributed by atoms with Gasteiger partial charge in [-0.3, -0.25) is 10.1 Å². The maximum absolute atomic E-state index is 11.8. The van der Waals surface area contributed by atoms with Crippen LogP contribution < -0.4 is 9.47 Å². The quantitative estimate of drug-likeness (QED) is 0.346. The van der Waals surface area contributed by atoms with E-state index in [1.54, 1.807) is 6.07 Å². The number of methoxy groups -OCH3 is 1. The highest BCUT2D eigenvalue weighted by molar-refractivity contribution is 5.81. The molecule has 152 valence electrons. The number of aryl methyl sites for hydroxylation is 2. The van der Waals surface area contributed by atoms with Crippen molar-refractivity contribution in [3.8, 4) is 22.9 Å². The molecule has 0 bridgehead atoms. The van der Waals surface area contributed by atoms with E-state index in [2.05, 4.69) is 9.97 Å². The number of imidazole rings is 1. The molecule has 7 heteroatoms. The zero-order valence-corrected chi connectivity index (χ0v) is 16.9. The van der Waals surface area contributed by atoms with Crippen LogP contribution >= 0.6 is 0 Å². The highest BCUT2D eigenvalue weighted by Crippen LogP contribution is 2.41. The third-order valence-corrected chi connectivity index (χ3v) is 4.87. The number of nitrogens with zero attached hydrogens (tertiary/aromatic N) is 2. The van der Waals surface area contributed by atoms with Crippen LogP contribution in [0.3, 0.4) is 0 Å². The van der Waals surface area contributed by atoms with Gasteiger partial charge in [0.05, 0.1) is 23.1 Å². The number of ether oxygens (including phenoxy) is 2. The lowest BCUT2D eigenvalue weighted by atomic mass is 10.1. The van der Waals surface area contributed by atoms with Gasteiger partial charge in [-0.1, -0.05) is 35.9 Å². The second-order valence-corrected chi connectivity index (χ2v) is 7.16.